The SMILES string of the molecule is Cc1ccc(NC(=O)C[C@H](NC(N)=O)c2ccc(Br)cc2)c(C)c1. The number of benzene rings is 2. The first-order chi connectivity index (χ1) is 11.3. The number of carbonyl (C=O) groups is 2. The normalized spacial score (nSPS) is 11.6. The number of amides is 3. The van der Waals surface area contributed by atoms with E-state index in [1.807, 2.05) is 56.3 Å². The van der Waals surface area contributed by atoms with Crippen molar-refractivity contribution in [1.29, 1.82) is 0 Å². The average molecular weight is 390 g/mol. The van der Waals surface area contributed by atoms with E-state index in [9.17, 15) is 9.59 Å². The van der Waals surface area contributed by atoms with Gasteiger partial charge in [-0.05, 0) is 43.2 Å². The van der Waals surface area contributed by atoms with Gasteiger partial charge in [-0.1, -0.05) is 45.8 Å². The maximum absolute atomic E-state index is 12.4. The molecule has 2 aromatic carbocycles. The van der Waals surface area contributed by atoms with Gasteiger partial charge in [0.15, 0.2) is 0 Å². The highest BCUT2D eigenvalue weighted by Gasteiger charge is 2.18. The minimum atomic E-state index is -0.665. The monoisotopic (exact) mass is 389 g/mol. The summed E-state index contributed by atoms with van der Waals surface area (Å²) in [5.74, 6) is -0.191. The summed E-state index contributed by atoms with van der Waals surface area (Å²) >= 11 is 3.36. The Morgan fingerprint density at radius 1 is 1.12 bits per heavy atom. The molecule has 6 heteroatoms. The third-order valence-electron chi connectivity index (χ3n) is 3.63. The fourth-order valence-corrected chi connectivity index (χ4v) is 2.72. The summed E-state index contributed by atoms with van der Waals surface area (Å²) in [7, 11) is 0. The van der Waals surface area contributed by atoms with Crippen LogP contribution in [0.25, 0.3) is 0 Å². The van der Waals surface area contributed by atoms with E-state index >= 15 is 0 Å². The molecule has 0 bridgehead atoms. The summed E-state index contributed by atoms with van der Waals surface area (Å²) in [6.45, 7) is 3.94. The smallest absolute Gasteiger partial charge is 0.312 e. The molecule has 0 spiro atoms. The highest BCUT2D eigenvalue weighted by Crippen LogP contribution is 2.22. The van der Waals surface area contributed by atoms with Crippen molar-refractivity contribution in [3.63, 3.8) is 0 Å². The van der Waals surface area contributed by atoms with Crippen LogP contribution in [0.1, 0.15) is 29.2 Å². The molecule has 0 aromatic heterocycles. The number of anilines is 1. The van der Waals surface area contributed by atoms with E-state index in [4.69, 9.17) is 5.73 Å². The first-order valence-electron chi connectivity index (χ1n) is 7.53. The number of nitrogens with one attached hydrogen (secondary N) is 2. The van der Waals surface area contributed by atoms with Crippen molar-refractivity contribution in [2.45, 2.75) is 26.3 Å². The first-order valence-corrected chi connectivity index (χ1v) is 8.33. The molecule has 3 amide bonds. The van der Waals surface area contributed by atoms with E-state index in [0.717, 1.165) is 26.9 Å². The maximum Gasteiger partial charge on any atom is 0.312 e. The number of hydrogen-bond donors (Lipinski definition) is 3. The number of rotatable bonds is 5. The second-order valence-electron chi connectivity index (χ2n) is 5.68. The summed E-state index contributed by atoms with van der Waals surface area (Å²) < 4.78 is 0.920. The number of primary amides is 1. The molecule has 126 valence electrons. The summed E-state index contributed by atoms with van der Waals surface area (Å²) in [5, 5.41) is 5.50. The van der Waals surface area contributed by atoms with Gasteiger partial charge in [0, 0.05) is 10.2 Å². The van der Waals surface area contributed by atoms with Gasteiger partial charge in [-0.25, -0.2) is 4.79 Å². The number of aryl methyl sites for hydroxylation is 2. The Morgan fingerprint density at radius 3 is 2.38 bits per heavy atom. The largest absolute Gasteiger partial charge is 0.352 e. The highest BCUT2D eigenvalue weighted by atomic mass is 79.9. The predicted octanol–water partition coefficient (Wildman–Crippen LogP) is 3.80. The fourth-order valence-electron chi connectivity index (χ4n) is 2.46. The minimum Gasteiger partial charge on any atom is -0.352 e. The Morgan fingerprint density at radius 2 is 1.79 bits per heavy atom. The quantitative estimate of drug-likeness (QED) is 0.726. The van der Waals surface area contributed by atoms with Crippen LogP contribution in [-0.2, 0) is 4.79 Å². The Balaban J connectivity index is 2.12. The second kappa shape index (κ2) is 7.97. The van der Waals surface area contributed by atoms with Crippen molar-refractivity contribution >= 4 is 33.6 Å². The van der Waals surface area contributed by atoms with Crippen LogP contribution in [0.15, 0.2) is 46.9 Å². The molecule has 4 N–H and O–H groups in total. The highest BCUT2D eigenvalue weighted by molar-refractivity contribution is 9.10. The molecule has 0 saturated carbocycles. The maximum atomic E-state index is 12.4. The second-order valence-corrected chi connectivity index (χ2v) is 6.60. The molecule has 0 aliphatic rings. The van der Waals surface area contributed by atoms with Crippen LogP contribution in [0.4, 0.5) is 10.5 Å². The van der Waals surface area contributed by atoms with Gasteiger partial charge in [0.2, 0.25) is 5.91 Å². The molecule has 2 aromatic rings. The summed E-state index contributed by atoms with van der Waals surface area (Å²) in [5.41, 5.74) is 8.94. The number of nitrogens with two attached hydrogens (primary N) is 1. The van der Waals surface area contributed by atoms with Crippen molar-refractivity contribution in [3.05, 3.63) is 63.6 Å². The lowest BCUT2D eigenvalue weighted by atomic mass is 10.0. The van der Waals surface area contributed by atoms with Crippen molar-refractivity contribution in [2.75, 3.05) is 5.32 Å². The average Bonchev–Trinajstić information content (AvgIpc) is 2.50. The molecule has 24 heavy (non-hydrogen) atoms. The summed E-state index contributed by atoms with van der Waals surface area (Å²) in [6.07, 6.45) is 0.0951. The minimum absolute atomic E-state index is 0.0951. The molecule has 0 fully saturated rings. The summed E-state index contributed by atoms with van der Waals surface area (Å²) in [4.78, 5) is 23.6. The lowest BCUT2D eigenvalue weighted by molar-refractivity contribution is -0.116. The van der Waals surface area contributed by atoms with E-state index < -0.39 is 12.1 Å². The van der Waals surface area contributed by atoms with E-state index in [1.165, 1.54) is 0 Å². The van der Waals surface area contributed by atoms with Gasteiger partial charge in [-0.15, -0.1) is 0 Å². The van der Waals surface area contributed by atoms with Crippen molar-refractivity contribution in [2.24, 2.45) is 5.73 Å². The van der Waals surface area contributed by atoms with E-state index in [0.29, 0.717) is 0 Å². The zero-order valence-corrected chi connectivity index (χ0v) is 15.2. The van der Waals surface area contributed by atoms with Gasteiger partial charge >= 0.3 is 6.03 Å². The van der Waals surface area contributed by atoms with Crippen molar-refractivity contribution in [1.82, 2.24) is 5.32 Å². The third kappa shape index (κ3) is 5.09. The Kier molecular flexibility index (Phi) is 5.98. The van der Waals surface area contributed by atoms with Crippen LogP contribution in [0, 0.1) is 13.8 Å². The molecule has 2 rings (SSSR count). The van der Waals surface area contributed by atoms with Crippen molar-refractivity contribution < 1.29 is 9.59 Å². The van der Waals surface area contributed by atoms with Crippen molar-refractivity contribution in [3.8, 4) is 0 Å². The number of urea groups is 1. The Bertz CT molecular complexity index is 744. The molecule has 0 saturated heterocycles. The van der Waals surface area contributed by atoms with Crippen LogP contribution >= 0.6 is 15.9 Å². The van der Waals surface area contributed by atoms with Gasteiger partial charge in [-0.3, -0.25) is 4.79 Å². The summed E-state index contributed by atoms with van der Waals surface area (Å²) in [6, 6.07) is 12.1. The molecule has 1 atom stereocenters. The first kappa shape index (κ1) is 18.0. The molecule has 0 aliphatic carbocycles. The zero-order valence-electron chi connectivity index (χ0n) is 13.6. The van der Waals surface area contributed by atoms with Crippen LogP contribution in [0.3, 0.4) is 0 Å². The molecular formula is C18H20BrN3O2. The number of hydrogen-bond acceptors (Lipinski definition) is 2. The molecule has 0 unspecified atom stereocenters. The van der Waals surface area contributed by atoms with Gasteiger partial charge < -0.3 is 16.4 Å². The molecule has 5 nitrogen and oxygen atoms in total. The van der Waals surface area contributed by atoms with Crippen LogP contribution in [0.2, 0.25) is 0 Å². The van der Waals surface area contributed by atoms with Gasteiger partial charge in [0.05, 0.1) is 12.5 Å². The number of carbonyl (C=O) groups excluding carboxylic acids is 2. The van der Waals surface area contributed by atoms with E-state index in [-0.39, 0.29) is 12.3 Å². The predicted molar refractivity (Wildman–Crippen MR) is 98.8 cm³/mol. The lowest BCUT2D eigenvalue weighted by Crippen LogP contribution is -2.35. The van der Waals surface area contributed by atoms with Gasteiger partial charge in [0.25, 0.3) is 0 Å². The molecule has 0 radical (unpaired) electrons. The molecule has 0 heterocycles. The molecule has 0 aliphatic heterocycles. The molecular weight excluding hydrogens is 370 g/mol. The van der Waals surface area contributed by atoms with E-state index in [1.54, 1.807) is 0 Å². The van der Waals surface area contributed by atoms with Gasteiger partial charge in [0.1, 0.15) is 0 Å². The zero-order chi connectivity index (χ0) is 17.7. The standard InChI is InChI=1S/C18H20BrN3O2/c1-11-3-8-15(12(2)9-11)21-17(23)10-16(22-18(20)24)13-4-6-14(19)7-5-13/h3-9,16H,10H2,1-2H3,(H,21,23)(H3,20,22,24)/t16-/m0/s1. The van der Waals surface area contributed by atoms with Gasteiger partial charge in [-0.2, -0.15) is 0 Å². The van der Waals surface area contributed by atoms with Crippen LogP contribution in [0.5, 0.6) is 0 Å². The third-order valence-corrected chi connectivity index (χ3v) is 4.16. The Labute approximate surface area is 149 Å². The topological polar surface area (TPSA) is 84.2 Å². The number of halogens is 1. The lowest BCUT2D eigenvalue weighted by Gasteiger charge is -2.18. The van der Waals surface area contributed by atoms with Crippen LogP contribution < -0.4 is 16.4 Å². The fraction of sp³-hybridized carbons (Fsp3) is 0.222. The Hall–Kier alpha value is -2.34. The van der Waals surface area contributed by atoms with Crippen LogP contribution in [-0.4, -0.2) is 11.9 Å². The van der Waals surface area contributed by atoms with E-state index in [2.05, 4.69) is 26.6 Å².